The molecule has 0 aliphatic heterocycles. The number of carbonyl (C=O) groups is 1. The Bertz CT molecular complexity index is 422. The van der Waals surface area contributed by atoms with Gasteiger partial charge in [-0.1, -0.05) is 0 Å². The standard InChI is InChI=1S/C11H14N4O/c1-14(2)11(16)8-15(3)10-7-13-5-4-9(10)6-12/h4-5,7H,8H2,1-3H3. The van der Waals surface area contributed by atoms with Gasteiger partial charge >= 0.3 is 0 Å². The van der Waals surface area contributed by atoms with Crippen LogP contribution in [0.25, 0.3) is 0 Å². The third kappa shape index (κ3) is 2.70. The van der Waals surface area contributed by atoms with Crippen molar-refractivity contribution < 1.29 is 4.79 Å². The Kier molecular flexibility index (Phi) is 3.84. The second kappa shape index (κ2) is 5.12. The molecule has 0 saturated carbocycles. The Balaban J connectivity index is 2.85. The summed E-state index contributed by atoms with van der Waals surface area (Å²) in [6.07, 6.45) is 3.14. The molecule has 1 aromatic rings. The molecule has 0 fully saturated rings. The molecule has 84 valence electrons. The molecular weight excluding hydrogens is 204 g/mol. The Morgan fingerprint density at radius 3 is 2.75 bits per heavy atom. The SMILES string of the molecule is CN(C)C(=O)CN(C)c1cnccc1C#N. The van der Waals surface area contributed by atoms with Crippen LogP contribution in [-0.4, -0.2) is 43.5 Å². The minimum atomic E-state index is -0.0183. The van der Waals surface area contributed by atoms with E-state index in [0.717, 1.165) is 0 Å². The van der Waals surface area contributed by atoms with Crippen molar-refractivity contribution in [2.45, 2.75) is 0 Å². The molecule has 0 atom stereocenters. The summed E-state index contributed by atoms with van der Waals surface area (Å²) in [5.41, 5.74) is 1.18. The minimum Gasteiger partial charge on any atom is -0.363 e. The maximum atomic E-state index is 11.5. The summed E-state index contributed by atoms with van der Waals surface area (Å²) in [6.45, 7) is 0.230. The number of carbonyl (C=O) groups excluding carboxylic acids is 1. The lowest BCUT2D eigenvalue weighted by molar-refractivity contribution is -0.127. The van der Waals surface area contributed by atoms with E-state index in [4.69, 9.17) is 5.26 Å². The van der Waals surface area contributed by atoms with Gasteiger partial charge in [-0.05, 0) is 6.07 Å². The number of nitriles is 1. The van der Waals surface area contributed by atoms with Crippen LogP contribution in [0.3, 0.4) is 0 Å². The number of hydrogen-bond donors (Lipinski definition) is 0. The number of nitrogens with zero attached hydrogens (tertiary/aromatic N) is 4. The average Bonchev–Trinajstić information content (AvgIpc) is 2.28. The molecule has 0 N–H and O–H groups in total. The van der Waals surface area contributed by atoms with Crippen LogP contribution in [0.5, 0.6) is 0 Å². The quantitative estimate of drug-likeness (QED) is 0.740. The van der Waals surface area contributed by atoms with Crippen LogP contribution >= 0.6 is 0 Å². The highest BCUT2D eigenvalue weighted by atomic mass is 16.2. The van der Waals surface area contributed by atoms with Gasteiger partial charge < -0.3 is 9.80 Å². The maximum Gasteiger partial charge on any atom is 0.241 e. The Hall–Kier alpha value is -2.09. The molecule has 0 saturated heterocycles. The molecule has 1 aromatic heterocycles. The van der Waals surface area contributed by atoms with Crippen LogP contribution < -0.4 is 4.90 Å². The number of anilines is 1. The van der Waals surface area contributed by atoms with Gasteiger partial charge in [-0.15, -0.1) is 0 Å². The van der Waals surface area contributed by atoms with Gasteiger partial charge in [-0.2, -0.15) is 5.26 Å². The van der Waals surface area contributed by atoms with E-state index >= 15 is 0 Å². The van der Waals surface area contributed by atoms with E-state index in [1.54, 1.807) is 44.5 Å². The van der Waals surface area contributed by atoms with Crippen molar-refractivity contribution in [3.05, 3.63) is 24.0 Å². The molecule has 0 unspecified atom stereocenters. The highest BCUT2D eigenvalue weighted by Crippen LogP contribution is 2.16. The van der Waals surface area contributed by atoms with Gasteiger partial charge in [0.15, 0.2) is 0 Å². The molecule has 5 nitrogen and oxygen atoms in total. The zero-order chi connectivity index (χ0) is 12.1. The molecule has 0 bridgehead atoms. The highest BCUT2D eigenvalue weighted by molar-refractivity contribution is 5.81. The van der Waals surface area contributed by atoms with Crippen LogP contribution in [-0.2, 0) is 4.79 Å². The summed E-state index contributed by atoms with van der Waals surface area (Å²) in [5, 5.41) is 8.91. The predicted octanol–water partition coefficient (Wildman–Crippen LogP) is 0.478. The summed E-state index contributed by atoms with van der Waals surface area (Å²) >= 11 is 0. The number of likely N-dealkylation sites (N-methyl/N-ethyl adjacent to an activating group) is 2. The first-order chi connectivity index (χ1) is 7.56. The van der Waals surface area contributed by atoms with Crippen LogP contribution in [0.4, 0.5) is 5.69 Å². The number of pyridine rings is 1. The topological polar surface area (TPSA) is 60.2 Å². The number of rotatable bonds is 3. The summed E-state index contributed by atoms with van der Waals surface area (Å²) in [4.78, 5) is 18.7. The van der Waals surface area contributed by atoms with E-state index in [9.17, 15) is 4.79 Å². The summed E-state index contributed by atoms with van der Waals surface area (Å²) < 4.78 is 0. The third-order valence-corrected chi connectivity index (χ3v) is 2.20. The molecule has 0 radical (unpaired) electrons. The Morgan fingerprint density at radius 1 is 1.50 bits per heavy atom. The average molecular weight is 218 g/mol. The van der Waals surface area contributed by atoms with E-state index in [1.165, 1.54) is 4.90 Å². The number of amides is 1. The number of aromatic nitrogens is 1. The van der Waals surface area contributed by atoms with Gasteiger partial charge in [-0.25, -0.2) is 0 Å². The molecule has 1 rings (SSSR count). The largest absolute Gasteiger partial charge is 0.363 e. The first-order valence-corrected chi connectivity index (χ1v) is 4.81. The van der Waals surface area contributed by atoms with E-state index in [-0.39, 0.29) is 12.5 Å². The summed E-state index contributed by atoms with van der Waals surface area (Å²) in [6, 6.07) is 3.70. The summed E-state index contributed by atoms with van der Waals surface area (Å²) in [7, 11) is 5.16. The second-order valence-electron chi connectivity index (χ2n) is 3.65. The highest BCUT2D eigenvalue weighted by Gasteiger charge is 2.12. The molecule has 0 aliphatic carbocycles. The third-order valence-electron chi connectivity index (χ3n) is 2.20. The van der Waals surface area contributed by atoms with Crippen molar-refractivity contribution in [3.63, 3.8) is 0 Å². The molecule has 1 heterocycles. The molecule has 0 spiro atoms. The molecule has 16 heavy (non-hydrogen) atoms. The lowest BCUT2D eigenvalue weighted by Gasteiger charge is -2.21. The number of hydrogen-bond acceptors (Lipinski definition) is 4. The van der Waals surface area contributed by atoms with Crippen molar-refractivity contribution in [3.8, 4) is 6.07 Å². The van der Waals surface area contributed by atoms with Gasteiger partial charge in [-0.3, -0.25) is 9.78 Å². The normalized spacial score (nSPS) is 9.38. The van der Waals surface area contributed by atoms with E-state index in [1.807, 2.05) is 0 Å². The van der Waals surface area contributed by atoms with Gasteiger partial charge in [0.25, 0.3) is 0 Å². The van der Waals surface area contributed by atoms with E-state index in [2.05, 4.69) is 11.1 Å². The van der Waals surface area contributed by atoms with Crippen molar-refractivity contribution >= 4 is 11.6 Å². The van der Waals surface area contributed by atoms with Crippen LogP contribution in [0.1, 0.15) is 5.56 Å². The Labute approximate surface area is 94.9 Å². The Morgan fingerprint density at radius 2 is 2.19 bits per heavy atom. The smallest absolute Gasteiger partial charge is 0.241 e. The zero-order valence-electron chi connectivity index (χ0n) is 9.64. The molecule has 5 heteroatoms. The lowest BCUT2D eigenvalue weighted by atomic mass is 10.2. The molecular formula is C11H14N4O. The fraction of sp³-hybridized carbons (Fsp3) is 0.364. The first kappa shape index (κ1) is 12.0. The van der Waals surface area contributed by atoms with E-state index in [0.29, 0.717) is 11.3 Å². The van der Waals surface area contributed by atoms with Gasteiger partial charge in [0.1, 0.15) is 6.07 Å². The van der Waals surface area contributed by atoms with Gasteiger partial charge in [0.05, 0.1) is 24.0 Å². The van der Waals surface area contributed by atoms with Gasteiger partial charge in [0, 0.05) is 27.3 Å². The van der Waals surface area contributed by atoms with Crippen LogP contribution in [0.2, 0.25) is 0 Å². The fourth-order valence-electron chi connectivity index (χ4n) is 1.21. The predicted molar refractivity (Wildman–Crippen MR) is 60.9 cm³/mol. The zero-order valence-corrected chi connectivity index (χ0v) is 9.64. The van der Waals surface area contributed by atoms with Crippen molar-refractivity contribution in [1.82, 2.24) is 9.88 Å². The van der Waals surface area contributed by atoms with E-state index < -0.39 is 0 Å². The van der Waals surface area contributed by atoms with Crippen LogP contribution in [0, 0.1) is 11.3 Å². The lowest BCUT2D eigenvalue weighted by Crippen LogP contribution is -2.34. The van der Waals surface area contributed by atoms with Crippen LogP contribution in [0.15, 0.2) is 18.5 Å². The minimum absolute atomic E-state index is 0.0183. The van der Waals surface area contributed by atoms with Crippen molar-refractivity contribution in [2.75, 3.05) is 32.6 Å². The first-order valence-electron chi connectivity index (χ1n) is 4.81. The summed E-state index contributed by atoms with van der Waals surface area (Å²) in [5.74, 6) is -0.0183. The maximum absolute atomic E-state index is 11.5. The molecule has 0 aliphatic rings. The van der Waals surface area contributed by atoms with Gasteiger partial charge in [0.2, 0.25) is 5.91 Å². The fourth-order valence-corrected chi connectivity index (χ4v) is 1.21. The molecule has 1 amide bonds. The second-order valence-corrected chi connectivity index (χ2v) is 3.65. The molecule has 0 aromatic carbocycles. The monoisotopic (exact) mass is 218 g/mol. The van der Waals surface area contributed by atoms with Crippen molar-refractivity contribution in [2.24, 2.45) is 0 Å². The van der Waals surface area contributed by atoms with Crippen molar-refractivity contribution in [1.29, 1.82) is 5.26 Å².